The summed E-state index contributed by atoms with van der Waals surface area (Å²) >= 11 is 0. The molecule has 2 atom stereocenters. The second-order valence-corrected chi connectivity index (χ2v) is 6.78. The van der Waals surface area contributed by atoms with Gasteiger partial charge in [-0.25, -0.2) is 0 Å². The van der Waals surface area contributed by atoms with Crippen LogP contribution in [0.15, 0.2) is 0 Å². The highest BCUT2D eigenvalue weighted by Crippen LogP contribution is 2.29. The summed E-state index contributed by atoms with van der Waals surface area (Å²) in [5.41, 5.74) is 0. The monoisotopic (exact) mass is 281 g/mol. The Hall–Kier alpha value is -0.160. The summed E-state index contributed by atoms with van der Waals surface area (Å²) in [4.78, 5) is 5.27. The third-order valence-electron chi connectivity index (χ3n) is 5.06. The molecule has 0 aromatic carbocycles. The number of nitrogens with one attached hydrogen (secondary N) is 1. The lowest BCUT2D eigenvalue weighted by Crippen LogP contribution is -2.49. The highest BCUT2D eigenvalue weighted by Gasteiger charge is 2.33. The highest BCUT2D eigenvalue weighted by molar-refractivity contribution is 4.89. The topological polar surface area (TPSA) is 27.7 Å². The maximum atomic E-state index is 6.01. The van der Waals surface area contributed by atoms with Gasteiger partial charge in [-0.05, 0) is 51.2 Å². The Morgan fingerprint density at radius 2 is 2.15 bits per heavy atom. The summed E-state index contributed by atoms with van der Waals surface area (Å²) in [5.74, 6) is 0.857. The van der Waals surface area contributed by atoms with Crippen LogP contribution in [0, 0.1) is 5.92 Å². The normalized spacial score (nSPS) is 32.7. The van der Waals surface area contributed by atoms with Crippen LogP contribution in [0.1, 0.15) is 32.6 Å². The largest absolute Gasteiger partial charge is 0.374 e. The fourth-order valence-corrected chi connectivity index (χ4v) is 3.66. The molecule has 1 saturated carbocycles. The second-order valence-electron chi connectivity index (χ2n) is 6.78. The quantitative estimate of drug-likeness (QED) is 0.791. The van der Waals surface area contributed by atoms with Crippen molar-refractivity contribution < 1.29 is 4.74 Å². The maximum Gasteiger partial charge on any atom is 0.0829 e. The van der Waals surface area contributed by atoms with Crippen molar-refractivity contribution >= 4 is 0 Å². The van der Waals surface area contributed by atoms with E-state index in [1.807, 2.05) is 0 Å². The highest BCUT2D eigenvalue weighted by atomic mass is 16.5. The van der Waals surface area contributed by atoms with Crippen LogP contribution in [0.4, 0.5) is 0 Å². The van der Waals surface area contributed by atoms with Crippen LogP contribution < -0.4 is 5.32 Å². The van der Waals surface area contributed by atoms with Gasteiger partial charge in [-0.1, -0.05) is 6.92 Å². The van der Waals surface area contributed by atoms with E-state index in [1.54, 1.807) is 0 Å². The molecule has 1 aliphatic carbocycles. The van der Waals surface area contributed by atoms with Crippen molar-refractivity contribution in [1.82, 2.24) is 15.1 Å². The lowest BCUT2D eigenvalue weighted by atomic mass is 9.99. The van der Waals surface area contributed by atoms with Gasteiger partial charge in [0.2, 0.25) is 0 Å². The van der Waals surface area contributed by atoms with Crippen LogP contribution in [-0.2, 0) is 4.74 Å². The molecule has 20 heavy (non-hydrogen) atoms. The molecule has 3 rings (SSSR count). The minimum Gasteiger partial charge on any atom is -0.374 e. The Labute approximate surface area is 123 Å². The fraction of sp³-hybridized carbons (Fsp3) is 1.00. The molecule has 2 aliphatic heterocycles. The van der Waals surface area contributed by atoms with Gasteiger partial charge in [-0.15, -0.1) is 0 Å². The fourth-order valence-electron chi connectivity index (χ4n) is 3.66. The summed E-state index contributed by atoms with van der Waals surface area (Å²) in [7, 11) is 0. The van der Waals surface area contributed by atoms with Crippen LogP contribution in [0.3, 0.4) is 0 Å². The Bertz CT molecular complexity index is 289. The molecule has 3 aliphatic rings. The minimum atomic E-state index is 0.431. The first kappa shape index (κ1) is 14.8. The van der Waals surface area contributed by atoms with Crippen LogP contribution in [0.5, 0.6) is 0 Å². The van der Waals surface area contributed by atoms with E-state index in [-0.39, 0.29) is 0 Å². The number of hydrogen-bond acceptors (Lipinski definition) is 4. The number of nitrogens with zero attached hydrogens (tertiary/aromatic N) is 2. The average Bonchev–Trinajstić information content (AvgIpc) is 3.33. The molecule has 116 valence electrons. The smallest absolute Gasteiger partial charge is 0.0829 e. The lowest BCUT2D eigenvalue weighted by molar-refractivity contribution is -0.0448. The second kappa shape index (κ2) is 7.21. The Balaban J connectivity index is 1.48. The van der Waals surface area contributed by atoms with E-state index >= 15 is 0 Å². The van der Waals surface area contributed by atoms with Crippen molar-refractivity contribution in [3.8, 4) is 0 Å². The van der Waals surface area contributed by atoms with E-state index < -0.39 is 0 Å². The molecule has 2 saturated heterocycles. The van der Waals surface area contributed by atoms with E-state index in [4.69, 9.17) is 4.74 Å². The minimum absolute atomic E-state index is 0.431. The molecule has 1 N–H and O–H groups in total. The molecule has 2 heterocycles. The predicted octanol–water partition coefficient (Wildman–Crippen LogP) is 1.17. The van der Waals surface area contributed by atoms with Crippen molar-refractivity contribution in [1.29, 1.82) is 0 Å². The number of likely N-dealkylation sites (N-methyl/N-ethyl adjacent to an activating group) is 1. The van der Waals surface area contributed by atoms with E-state index in [9.17, 15) is 0 Å². The molecule has 3 fully saturated rings. The summed E-state index contributed by atoms with van der Waals surface area (Å²) in [6.07, 6.45) is 6.01. The Morgan fingerprint density at radius 1 is 1.25 bits per heavy atom. The van der Waals surface area contributed by atoms with Crippen LogP contribution in [0.2, 0.25) is 0 Å². The van der Waals surface area contributed by atoms with Gasteiger partial charge in [0.15, 0.2) is 0 Å². The maximum absolute atomic E-state index is 6.01. The molecule has 0 radical (unpaired) electrons. The zero-order valence-corrected chi connectivity index (χ0v) is 13.0. The van der Waals surface area contributed by atoms with E-state index in [1.165, 1.54) is 45.3 Å². The number of ether oxygens (including phenoxy) is 1. The molecule has 4 nitrogen and oxygen atoms in total. The molecule has 0 amide bonds. The first-order valence-electron chi connectivity index (χ1n) is 8.64. The van der Waals surface area contributed by atoms with Gasteiger partial charge in [-0.2, -0.15) is 0 Å². The molecular formula is C16H31N3O. The van der Waals surface area contributed by atoms with Crippen LogP contribution in [0.25, 0.3) is 0 Å². The van der Waals surface area contributed by atoms with Crippen molar-refractivity contribution in [3.63, 3.8) is 0 Å². The lowest BCUT2D eigenvalue weighted by Gasteiger charge is -2.37. The van der Waals surface area contributed by atoms with Crippen molar-refractivity contribution in [3.05, 3.63) is 0 Å². The van der Waals surface area contributed by atoms with Gasteiger partial charge in [0.25, 0.3) is 0 Å². The molecular weight excluding hydrogens is 250 g/mol. The van der Waals surface area contributed by atoms with Crippen molar-refractivity contribution in [2.75, 3.05) is 52.4 Å². The Morgan fingerprint density at radius 3 is 2.85 bits per heavy atom. The van der Waals surface area contributed by atoms with Gasteiger partial charge in [0, 0.05) is 32.2 Å². The zero-order chi connectivity index (χ0) is 13.8. The first-order valence-corrected chi connectivity index (χ1v) is 8.64. The summed E-state index contributed by atoms with van der Waals surface area (Å²) in [5, 5.41) is 3.55. The van der Waals surface area contributed by atoms with Crippen molar-refractivity contribution in [2.24, 2.45) is 5.92 Å². The van der Waals surface area contributed by atoms with Crippen LogP contribution >= 0.6 is 0 Å². The van der Waals surface area contributed by atoms with Gasteiger partial charge in [0.05, 0.1) is 12.7 Å². The average molecular weight is 281 g/mol. The first-order chi connectivity index (χ1) is 9.85. The SMILES string of the molecule is CCN1CCOC(CN(CC2CCCNC2)C2CC2)C1. The molecule has 0 aromatic heterocycles. The summed E-state index contributed by atoms with van der Waals surface area (Å²) in [6.45, 7) is 11.5. The number of rotatable bonds is 6. The van der Waals surface area contributed by atoms with Gasteiger partial charge in [-0.3, -0.25) is 9.80 Å². The Kier molecular flexibility index (Phi) is 5.32. The number of morpholine rings is 1. The molecule has 0 aromatic rings. The van der Waals surface area contributed by atoms with Gasteiger partial charge in [0.1, 0.15) is 0 Å². The van der Waals surface area contributed by atoms with Crippen molar-refractivity contribution in [2.45, 2.75) is 44.8 Å². The van der Waals surface area contributed by atoms with E-state index in [2.05, 4.69) is 22.0 Å². The molecule has 0 bridgehead atoms. The number of hydrogen-bond donors (Lipinski definition) is 1. The van der Waals surface area contributed by atoms with Crippen LogP contribution in [-0.4, -0.2) is 74.4 Å². The van der Waals surface area contributed by atoms with Gasteiger partial charge >= 0.3 is 0 Å². The predicted molar refractivity (Wildman–Crippen MR) is 82.0 cm³/mol. The van der Waals surface area contributed by atoms with Gasteiger partial charge < -0.3 is 10.1 Å². The molecule has 2 unspecified atom stereocenters. The number of piperidine rings is 1. The summed E-state index contributed by atoms with van der Waals surface area (Å²) < 4.78 is 6.01. The zero-order valence-electron chi connectivity index (χ0n) is 13.0. The van der Waals surface area contributed by atoms with E-state index in [0.717, 1.165) is 44.7 Å². The standard InChI is InChI=1S/C16H31N3O/c1-2-18-8-9-20-16(12-18)13-19(15-5-6-15)11-14-4-3-7-17-10-14/h14-17H,2-13H2,1H3. The van der Waals surface area contributed by atoms with E-state index in [0.29, 0.717) is 6.10 Å². The summed E-state index contributed by atoms with van der Waals surface area (Å²) in [6, 6.07) is 0.859. The molecule has 4 heteroatoms. The molecule has 0 spiro atoms. The third-order valence-corrected chi connectivity index (χ3v) is 5.06. The third kappa shape index (κ3) is 4.17.